The van der Waals surface area contributed by atoms with Crippen LogP contribution in [0.25, 0.3) is 11.0 Å². The highest BCUT2D eigenvalue weighted by Crippen LogP contribution is 2.46. The van der Waals surface area contributed by atoms with Gasteiger partial charge in [0.15, 0.2) is 0 Å². The van der Waals surface area contributed by atoms with Crippen LogP contribution >= 0.6 is 7.37 Å². The predicted octanol–water partition coefficient (Wildman–Crippen LogP) is 4.12. The van der Waals surface area contributed by atoms with Crippen molar-refractivity contribution in [3.63, 3.8) is 0 Å². The van der Waals surface area contributed by atoms with Gasteiger partial charge >= 0.3 is 5.97 Å². The molecule has 0 fully saturated rings. The number of fused-ring (bicyclic) bond motifs is 1. The minimum Gasteiger partial charge on any atom is -0.466 e. The van der Waals surface area contributed by atoms with Gasteiger partial charge in [0.25, 0.3) is 0 Å². The molecule has 8 nitrogen and oxygen atoms in total. The number of carbonyl (C=O) groups is 1. The van der Waals surface area contributed by atoms with Crippen LogP contribution in [0.4, 0.5) is 0 Å². The van der Waals surface area contributed by atoms with Crippen molar-refractivity contribution in [1.29, 1.82) is 5.41 Å². The number of nitrogen functional groups attached to an aromatic ring is 1. The van der Waals surface area contributed by atoms with Crippen molar-refractivity contribution in [2.45, 2.75) is 39.5 Å². The summed E-state index contributed by atoms with van der Waals surface area (Å²) in [7, 11) is -1.51. The third-order valence-electron chi connectivity index (χ3n) is 5.67. The third kappa shape index (κ3) is 6.13. The van der Waals surface area contributed by atoms with E-state index in [2.05, 4.69) is 6.92 Å². The van der Waals surface area contributed by atoms with Crippen molar-refractivity contribution in [2.24, 2.45) is 12.8 Å². The van der Waals surface area contributed by atoms with Gasteiger partial charge in [0.05, 0.1) is 24.2 Å². The SMILES string of the molecule is CCCCCOP(=O)(CC(=O)OCC)c1ccc2c(c1)nc(Cc1ccc(C(=N)N)cc1)n2C. The molecule has 1 heterocycles. The predicted molar refractivity (Wildman–Crippen MR) is 135 cm³/mol. The second-order valence-electron chi connectivity index (χ2n) is 8.22. The van der Waals surface area contributed by atoms with Crippen molar-refractivity contribution < 1.29 is 18.6 Å². The van der Waals surface area contributed by atoms with Crippen LogP contribution < -0.4 is 11.0 Å². The first-order valence-corrected chi connectivity index (χ1v) is 13.4. The molecule has 182 valence electrons. The van der Waals surface area contributed by atoms with Crippen LogP contribution in [-0.2, 0) is 32.1 Å². The molecular formula is C25H33N4O4P. The zero-order valence-corrected chi connectivity index (χ0v) is 20.9. The number of carbonyl (C=O) groups excluding carboxylic acids is 1. The van der Waals surface area contributed by atoms with Gasteiger partial charge in [-0.3, -0.25) is 14.8 Å². The molecule has 0 amide bonds. The molecule has 3 N–H and O–H groups in total. The lowest BCUT2D eigenvalue weighted by atomic mass is 10.1. The molecule has 3 aromatic rings. The first-order valence-electron chi connectivity index (χ1n) is 11.6. The van der Waals surface area contributed by atoms with Crippen LogP contribution in [0.1, 0.15) is 50.1 Å². The van der Waals surface area contributed by atoms with Crippen LogP contribution in [0.15, 0.2) is 42.5 Å². The van der Waals surface area contributed by atoms with Crippen molar-refractivity contribution in [2.75, 3.05) is 19.4 Å². The Balaban J connectivity index is 1.89. The molecule has 0 spiro atoms. The van der Waals surface area contributed by atoms with Gasteiger partial charge in [0.1, 0.15) is 17.8 Å². The Hall–Kier alpha value is -2.96. The maximum atomic E-state index is 13.8. The maximum Gasteiger partial charge on any atom is 0.315 e. The molecule has 1 atom stereocenters. The minimum absolute atomic E-state index is 0.0333. The first kappa shape index (κ1) is 25.7. The fourth-order valence-electron chi connectivity index (χ4n) is 3.74. The van der Waals surface area contributed by atoms with Gasteiger partial charge in [-0.25, -0.2) is 4.98 Å². The molecule has 1 unspecified atom stereocenters. The average molecular weight is 485 g/mol. The van der Waals surface area contributed by atoms with Crippen molar-refractivity contribution >= 4 is 35.5 Å². The van der Waals surface area contributed by atoms with Crippen LogP contribution in [0.2, 0.25) is 0 Å². The highest BCUT2D eigenvalue weighted by Gasteiger charge is 2.31. The molecule has 0 saturated heterocycles. The fourth-order valence-corrected chi connectivity index (χ4v) is 5.64. The second kappa shape index (κ2) is 11.4. The number of esters is 1. The summed E-state index contributed by atoms with van der Waals surface area (Å²) in [5.41, 5.74) is 8.84. The number of rotatable bonds is 12. The molecule has 0 aliphatic carbocycles. The van der Waals surface area contributed by atoms with Crippen molar-refractivity contribution in [3.05, 3.63) is 59.4 Å². The van der Waals surface area contributed by atoms with Gasteiger partial charge in [0, 0.05) is 24.3 Å². The number of nitrogens with one attached hydrogen (secondary N) is 1. The second-order valence-corrected chi connectivity index (χ2v) is 10.7. The summed E-state index contributed by atoms with van der Waals surface area (Å²) in [6.45, 7) is 4.36. The summed E-state index contributed by atoms with van der Waals surface area (Å²) < 4.78 is 26.7. The number of imidazole rings is 1. The normalized spacial score (nSPS) is 13.0. The molecule has 0 bridgehead atoms. The molecule has 34 heavy (non-hydrogen) atoms. The Morgan fingerprint density at radius 2 is 1.88 bits per heavy atom. The third-order valence-corrected chi connectivity index (χ3v) is 8.01. The van der Waals surface area contributed by atoms with Gasteiger partial charge in [-0.2, -0.15) is 0 Å². The summed E-state index contributed by atoms with van der Waals surface area (Å²) >= 11 is 0. The van der Waals surface area contributed by atoms with Gasteiger partial charge in [-0.1, -0.05) is 44.0 Å². The number of amidine groups is 1. The Labute approximate surface area is 200 Å². The van der Waals surface area contributed by atoms with E-state index < -0.39 is 13.3 Å². The standard InChI is InChI=1S/C25H33N4O4P/c1-4-6-7-14-33-34(31,17-24(30)32-5-2)20-12-13-22-21(16-20)28-23(29(22)3)15-18-8-10-19(11-9-18)25(26)27/h8-13,16H,4-7,14-15,17H2,1-3H3,(H3,26,27). The summed E-state index contributed by atoms with van der Waals surface area (Å²) in [5, 5.41) is 8.00. The lowest BCUT2D eigenvalue weighted by Gasteiger charge is -2.18. The molecular weight excluding hydrogens is 451 g/mol. The number of hydrogen-bond acceptors (Lipinski definition) is 6. The summed E-state index contributed by atoms with van der Waals surface area (Å²) in [6.07, 6.45) is 3.07. The van der Waals surface area contributed by atoms with E-state index in [1.807, 2.05) is 41.9 Å². The fraction of sp³-hybridized carbons (Fsp3) is 0.400. The van der Waals surface area contributed by atoms with E-state index in [1.165, 1.54) is 0 Å². The Kier molecular flexibility index (Phi) is 8.64. The molecule has 2 aromatic carbocycles. The van der Waals surface area contributed by atoms with Gasteiger partial charge < -0.3 is 19.6 Å². The Morgan fingerprint density at radius 3 is 2.53 bits per heavy atom. The van der Waals surface area contributed by atoms with Gasteiger partial charge in [-0.05, 0) is 37.1 Å². The van der Waals surface area contributed by atoms with E-state index in [9.17, 15) is 9.36 Å². The average Bonchev–Trinajstić information content (AvgIpc) is 3.12. The minimum atomic E-state index is -3.45. The Morgan fingerprint density at radius 1 is 1.15 bits per heavy atom. The number of nitrogens with two attached hydrogens (primary N) is 1. The number of aromatic nitrogens is 2. The number of nitrogens with zero attached hydrogens (tertiary/aromatic N) is 2. The zero-order valence-electron chi connectivity index (χ0n) is 20.0. The largest absolute Gasteiger partial charge is 0.466 e. The lowest BCUT2D eigenvalue weighted by molar-refractivity contribution is -0.140. The van der Waals surface area contributed by atoms with E-state index >= 15 is 0 Å². The van der Waals surface area contributed by atoms with Gasteiger partial charge in [0.2, 0.25) is 7.37 Å². The van der Waals surface area contributed by atoms with E-state index in [0.717, 1.165) is 36.2 Å². The molecule has 0 aliphatic rings. The molecule has 9 heteroatoms. The Bertz CT molecular complexity index is 1200. The van der Waals surface area contributed by atoms with Crippen LogP contribution in [0.5, 0.6) is 0 Å². The molecule has 1 aromatic heterocycles. The van der Waals surface area contributed by atoms with Crippen molar-refractivity contribution in [1.82, 2.24) is 9.55 Å². The van der Waals surface area contributed by atoms with E-state index in [0.29, 0.717) is 29.4 Å². The molecule has 0 saturated carbocycles. The topological polar surface area (TPSA) is 120 Å². The van der Waals surface area contributed by atoms with Crippen LogP contribution in [-0.4, -0.2) is 40.7 Å². The first-order chi connectivity index (χ1) is 16.3. The summed E-state index contributed by atoms with van der Waals surface area (Å²) in [5.74, 6) is 0.343. The highest BCUT2D eigenvalue weighted by atomic mass is 31.2. The van der Waals surface area contributed by atoms with E-state index in [4.69, 9.17) is 25.4 Å². The summed E-state index contributed by atoms with van der Waals surface area (Å²) in [6, 6.07) is 12.9. The number of ether oxygens (including phenoxy) is 1. The lowest BCUT2D eigenvalue weighted by Crippen LogP contribution is -2.18. The van der Waals surface area contributed by atoms with Crippen LogP contribution in [0.3, 0.4) is 0 Å². The smallest absolute Gasteiger partial charge is 0.315 e. The highest BCUT2D eigenvalue weighted by molar-refractivity contribution is 7.67. The summed E-state index contributed by atoms with van der Waals surface area (Å²) in [4.78, 5) is 17.0. The monoisotopic (exact) mass is 484 g/mol. The van der Waals surface area contributed by atoms with Crippen LogP contribution in [0, 0.1) is 5.41 Å². The zero-order chi connectivity index (χ0) is 24.7. The quantitative estimate of drug-likeness (QED) is 0.131. The van der Waals surface area contributed by atoms with E-state index in [1.54, 1.807) is 19.1 Å². The van der Waals surface area contributed by atoms with Crippen molar-refractivity contribution in [3.8, 4) is 0 Å². The van der Waals surface area contributed by atoms with Gasteiger partial charge in [-0.15, -0.1) is 0 Å². The maximum absolute atomic E-state index is 13.8. The number of benzene rings is 2. The number of aryl methyl sites for hydroxylation is 1. The molecule has 0 radical (unpaired) electrons. The van der Waals surface area contributed by atoms with E-state index in [-0.39, 0.29) is 18.6 Å². The number of hydrogen-bond donors (Lipinski definition) is 2. The number of unbranched alkanes of at least 4 members (excludes halogenated alkanes) is 2. The molecule has 0 aliphatic heterocycles. The molecule has 3 rings (SSSR count).